The second-order valence-electron chi connectivity index (χ2n) is 4.65. The molecule has 6 nitrogen and oxygen atoms in total. The number of ether oxygens (including phenoxy) is 1. The summed E-state index contributed by atoms with van der Waals surface area (Å²) >= 11 is 0. The van der Waals surface area contributed by atoms with Crippen molar-refractivity contribution in [3.63, 3.8) is 0 Å². The zero-order valence-corrected chi connectivity index (χ0v) is 10.9. The van der Waals surface area contributed by atoms with Gasteiger partial charge in [-0.3, -0.25) is 4.79 Å². The number of hydrogen-bond donors (Lipinski definition) is 0. The van der Waals surface area contributed by atoms with E-state index in [0.717, 1.165) is 12.8 Å². The highest BCUT2D eigenvalue weighted by Gasteiger charge is 2.26. The second-order valence-corrected chi connectivity index (χ2v) is 4.65. The van der Waals surface area contributed by atoms with Crippen LogP contribution in [-0.2, 0) is 0 Å². The molecule has 2 aromatic heterocycles. The van der Waals surface area contributed by atoms with Crippen LogP contribution in [-0.4, -0.2) is 40.1 Å². The van der Waals surface area contributed by atoms with Gasteiger partial charge in [0.1, 0.15) is 6.10 Å². The molecule has 0 atom stereocenters. The monoisotopic (exact) mass is 273 g/mol. The average Bonchev–Trinajstić information content (AvgIpc) is 3.03. The number of rotatable bonds is 3. The van der Waals surface area contributed by atoms with Gasteiger partial charge in [0, 0.05) is 44.3 Å². The molecule has 3 rings (SSSR count). The van der Waals surface area contributed by atoms with Crippen molar-refractivity contribution in [1.82, 2.24) is 15.0 Å². The van der Waals surface area contributed by atoms with Crippen LogP contribution in [0.5, 0.6) is 5.88 Å². The van der Waals surface area contributed by atoms with Crippen molar-refractivity contribution in [1.29, 1.82) is 0 Å². The van der Waals surface area contributed by atoms with Crippen LogP contribution in [0.2, 0.25) is 0 Å². The van der Waals surface area contributed by atoms with Crippen LogP contribution in [0.1, 0.15) is 23.4 Å². The first-order valence-electron chi connectivity index (χ1n) is 6.60. The summed E-state index contributed by atoms with van der Waals surface area (Å²) in [6.07, 6.45) is 4.86. The summed E-state index contributed by atoms with van der Waals surface area (Å²) in [5, 5.41) is 3.55. The number of aromatic nitrogens is 2. The fourth-order valence-electron chi connectivity index (χ4n) is 2.25. The van der Waals surface area contributed by atoms with Crippen molar-refractivity contribution in [3.05, 3.63) is 42.4 Å². The lowest BCUT2D eigenvalue weighted by molar-refractivity contribution is 0.0551. The van der Waals surface area contributed by atoms with E-state index in [1.54, 1.807) is 17.2 Å². The minimum atomic E-state index is -0.112. The Kier molecular flexibility index (Phi) is 3.62. The third kappa shape index (κ3) is 2.79. The Balaban J connectivity index is 1.53. The van der Waals surface area contributed by atoms with Crippen molar-refractivity contribution in [2.45, 2.75) is 18.9 Å². The highest BCUT2D eigenvalue weighted by Crippen LogP contribution is 2.18. The smallest absolute Gasteiger partial charge is 0.292 e. The van der Waals surface area contributed by atoms with E-state index >= 15 is 0 Å². The molecule has 2 aromatic rings. The molecular weight excluding hydrogens is 258 g/mol. The Hall–Kier alpha value is -2.37. The van der Waals surface area contributed by atoms with Gasteiger partial charge in [-0.15, -0.1) is 0 Å². The number of piperidine rings is 1. The van der Waals surface area contributed by atoms with Gasteiger partial charge < -0.3 is 14.2 Å². The molecular formula is C14H15N3O3. The van der Waals surface area contributed by atoms with E-state index < -0.39 is 0 Å². The fourth-order valence-corrected chi connectivity index (χ4v) is 2.25. The summed E-state index contributed by atoms with van der Waals surface area (Å²) in [6, 6.07) is 7.17. The van der Waals surface area contributed by atoms with Gasteiger partial charge in [-0.25, -0.2) is 4.98 Å². The first-order valence-corrected chi connectivity index (χ1v) is 6.60. The van der Waals surface area contributed by atoms with Crippen molar-refractivity contribution < 1.29 is 14.1 Å². The van der Waals surface area contributed by atoms with Crippen molar-refractivity contribution in [2.75, 3.05) is 13.1 Å². The second kappa shape index (κ2) is 5.73. The van der Waals surface area contributed by atoms with E-state index in [1.165, 1.54) is 6.20 Å². The van der Waals surface area contributed by atoms with Gasteiger partial charge in [0.25, 0.3) is 5.91 Å². The highest BCUT2D eigenvalue weighted by atomic mass is 16.5. The molecule has 0 aliphatic carbocycles. The third-order valence-corrected chi connectivity index (χ3v) is 3.30. The molecule has 6 heteroatoms. The molecule has 104 valence electrons. The van der Waals surface area contributed by atoms with Crippen LogP contribution in [0.3, 0.4) is 0 Å². The van der Waals surface area contributed by atoms with E-state index in [-0.39, 0.29) is 17.8 Å². The van der Waals surface area contributed by atoms with E-state index in [1.807, 2.05) is 18.2 Å². The summed E-state index contributed by atoms with van der Waals surface area (Å²) in [5.41, 5.74) is 0. The lowest BCUT2D eigenvalue weighted by Crippen LogP contribution is -2.41. The molecule has 0 spiro atoms. The van der Waals surface area contributed by atoms with Gasteiger partial charge in [0.2, 0.25) is 11.6 Å². The standard InChI is InChI=1S/C14H15N3O3/c18-14(12-4-8-16-20-12)17-9-5-11(6-10-17)19-13-3-1-2-7-15-13/h1-4,7-8,11H,5-6,9-10H2. The normalized spacial score (nSPS) is 16.1. The number of likely N-dealkylation sites (tertiary alicyclic amines) is 1. The summed E-state index contributed by atoms with van der Waals surface area (Å²) < 4.78 is 10.7. The van der Waals surface area contributed by atoms with E-state index in [4.69, 9.17) is 9.26 Å². The number of carbonyl (C=O) groups is 1. The molecule has 20 heavy (non-hydrogen) atoms. The Morgan fingerprint density at radius 3 is 2.75 bits per heavy atom. The fraction of sp³-hybridized carbons (Fsp3) is 0.357. The number of carbonyl (C=O) groups excluding carboxylic acids is 1. The molecule has 1 saturated heterocycles. The van der Waals surface area contributed by atoms with Crippen molar-refractivity contribution in [2.24, 2.45) is 0 Å². The van der Waals surface area contributed by atoms with Crippen molar-refractivity contribution in [3.8, 4) is 5.88 Å². The third-order valence-electron chi connectivity index (χ3n) is 3.30. The van der Waals surface area contributed by atoms with E-state index in [0.29, 0.717) is 19.0 Å². The predicted molar refractivity (Wildman–Crippen MR) is 70.3 cm³/mol. The van der Waals surface area contributed by atoms with Crippen molar-refractivity contribution >= 4 is 5.91 Å². The van der Waals surface area contributed by atoms with Gasteiger partial charge in [0.15, 0.2) is 0 Å². The molecule has 1 aliphatic rings. The maximum atomic E-state index is 12.1. The van der Waals surface area contributed by atoms with Crippen LogP contribution in [0, 0.1) is 0 Å². The molecule has 0 bridgehead atoms. The number of hydrogen-bond acceptors (Lipinski definition) is 5. The minimum Gasteiger partial charge on any atom is -0.474 e. The Labute approximate surface area is 116 Å². The van der Waals surface area contributed by atoms with Gasteiger partial charge in [-0.2, -0.15) is 0 Å². The lowest BCUT2D eigenvalue weighted by Gasteiger charge is -2.31. The SMILES string of the molecule is O=C(c1ccno1)N1CCC(Oc2ccccn2)CC1. The molecule has 0 aromatic carbocycles. The van der Waals surface area contributed by atoms with Crippen LogP contribution >= 0.6 is 0 Å². The number of pyridine rings is 1. The quantitative estimate of drug-likeness (QED) is 0.852. The van der Waals surface area contributed by atoms with Crippen LogP contribution in [0.4, 0.5) is 0 Å². The Morgan fingerprint density at radius 1 is 1.25 bits per heavy atom. The zero-order chi connectivity index (χ0) is 13.8. The summed E-state index contributed by atoms with van der Waals surface area (Å²) in [5.74, 6) is 0.806. The maximum absolute atomic E-state index is 12.1. The molecule has 1 fully saturated rings. The summed E-state index contributed by atoms with van der Waals surface area (Å²) in [6.45, 7) is 1.30. The predicted octanol–water partition coefficient (Wildman–Crippen LogP) is 1.75. The number of nitrogens with zero attached hydrogens (tertiary/aromatic N) is 3. The molecule has 3 heterocycles. The highest BCUT2D eigenvalue weighted by molar-refractivity contribution is 5.91. The number of amides is 1. The lowest BCUT2D eigenvalue weighted by atomic mass is 10.1. The minimum absolute atomic E-state index is 0.101. The molecule has 0 saturated carbocycles. The topological polar surface area (TPSA) is 68.5 Å². The average molecular weight is 273 g/mol. The van der Waals surface area contributed by atoms with Gasteiger partial charge in [0.05, 0.1) is 6.20 Å². The van der Waals surface area contributed by atoms with Crippen LogP contribution in [0.25, 0.3) is 0 Å². The van der Waals surface area contributed by atoms with E-state index in [2.05, 4.69) is 10.1 Å². The summed E-state index contributed by atoms with van der Waals surface area (Å²) in [4.78, 5) is 18.0. The largest absolute Gasteiger partial charge is 0.474 e. The van der Waals surface area contributed by atoms with Crippen LogP contribution < -0.4 is 4.74 Å². The first kappa shape index (κ1) is 12.7. The van der Waals surface area contributed by atoms with Gasteiger partial charge in [-0.05, 0) is 6.07 Å². The Bertz CT molecular complexity index is 548. The van der Waals surface area contributed by atoms with Gasteiger partial charge >= 0.3 is 0 Å². The summed E-state index contributed by atoms with van der Waals surface area (Å²) in [7, 11) is 0. The molecule has 1 amide bonds. The van der Waals surface area contributed by atoms with E-state index in [9.17, 15) is 4.79 Å². The maximum Gasteiger partial charge on any atom is 0.292 e. The molecule has 0 N–H and O–H groups in total. The molecule has 0 radical (unpaired) electrons. The Morgan fingerprint density at radius 2 is 2.10 bits per heavy atom. The first-order chi connectivity index (χ1) is 9.83. The molecule has 0 unspecified atom stereocenters. The molecule has 1 aliphatic heterocycles. The van der Waals surface area contributed by atoms with Crippen LogP contribution in [0.15, 0.2) is 41.2 Å². The van der Waals surface area contributed by atoms with Gasteiger partial charge in [-0.1, -0.05) is 11.2 Å². The zero-order valence-electron chi connectivity index (χ0n) is 10.9.